The molecule has 0 amide bonds. The molecule has 2 aromatic carbocycles. The highest BCUT2D eigenvalue weighted by molar-refractivity contribution is 5.88. The zero-order valence-corrected chi connectivity index (χ0v) is 15.1. The van der Waals surface area contributed by atoms with Gasteiger partial charge in [-0.15, -0.1) is 0 Å². The zero-order valence-electron chi connectivity index (χ0n) is 15.1. The maximum Gasteiger partial charge on any atom is 0.451 e. The maximum atomic E-state index is 13.6. The summed E-state index contributed by atoms with van der Waals surface area (Å²) in [6.07, 6.45) is -4.62. The second-order valence-corrected chi connectivity index (χ2v) is 6.56. The summed E-state index contributed by atoms with van der Waals surface area (Å²) >= 11 is 0. The van der Waals surface area contributed by atoms with Crippen molar-refractivity contribution in [1.29, 1.82) is 0 Å². The number of rotatable bonds is 3. The smallest absolute Gasteiger partial charge is 0.353 e. The molecule has 0 spiro atoms. The van der Waals surface area contributed by atoms with Gasteiger partial charge in [-0.2, -0.15) is 13.2 Å². The van der Waals surface area contributed by atoms with Crippen LogP contribution in [0.3, 0.4) is 0 Å². The largest absolute Gasteiger partial charge is 0.451 e. The molecule has 0 radical (unpaired) electrons. The van der Waals surface area contributed by atoms with Crippen molar-refractivity contribution >= 4 is 5.82 Å². The van der Waals surface area contributed by atoms with E-state index < -0.39 is 12.0 Å². The first-order chi connectivity index (χ1) is 13.5. The van der Waals surface area contributed by atoms with Crippen LogP contribution in [0.25, 0.3) is 22.4 Å². The number of nitrogens with one attached hydrogen (secondary N) is 1. The van der Waals surface area contributed by atoms with Crippen LogP contribution in [0.15, 0.2) is 60.7 Å². The van der Waals surface area contributed by atoms with Crippen molar-refractivity contribution in [1.82, 2.24) is 15.3 Å². The zero-order chi connectivity index (χ0) is 19.6. The quantitative estimate of drug-likeness (QED) is 0.733. The SMILES string of the molecule is FC(F)(F)c1nc(-c2ccccc2)c(-c2ccccc2)c(N2CCNCC2)n1. The fraction of sp³-hybridized carbons (Fsp3) is 0.238. The van der Waals surface area contributed by atoms with Crippen molar-refractivity contribution < 1.29 is 13.2 Å². The summed E-state index contributed by atoms with van der Waals surface area (Å²) in [5.74, 6) is -0.784. The minimum Gasteiger partial charge on any atom is -0.353 e. The standard InChI is InChI=1S/C21H19F3N4/c22-21(23,24)20-26-18(16-9-5-2-6-10-16)17(15-7-3-1-4-8-15)19(27-20)28-13-11-25-12-14-28/h1-10,25H,11-14H2. The highest BCUT2D eigenvalue weighted by Crippen LogP contribution is 2.40. The second-order valence-electron chi connectivity index (χ2n) is 6.56. The molecule has 1 aliphatic rings. The first-order valence-corrected chi connectivity index (χ1v) is 9.10. The molecule has 144 valence electrons. The number of benzene rings is 2. The highest BCUT2D eigenvalue weighted by Gasteiger charge is 2.37. The van der Waals surface area contributed by atoms with Crippen molar-refractivity contribution in [3.63, 3.8) is 0 Å². The van der Waals surface area contributed by atoms with Gasteiger partial charge in [0.15, 0.2) is 0 Å². The van der Waals surface area contributed by atoms with E-state index in [2.05, 4.69) is 15.3 Å². The Bertz CT molecular complexity index is 937. The van der Waals surface area contributed by atoms with Gasteiger partial charge in [0.25, 0.3) is 0 Å². The summed E-state index contributed by atoms with van der Waals surface area (Å²) in [5.41, 5.74) is 2.35. The van der Waals surface area contributed by atoms with E-state index in [0.29, 0.717) is 48.8 Å². The van der Waals surface area contributed by atoms with Gasteiger partial charge < -0.3 is 10.2 Å². The van der Waals surface area contributed by atoms with Crippen LogP contribution in [0.5, 0.6) is 0 Å². The second kappa shape index (κ2) is 7.59. The third-order valence-corrected chi connectivity index (χ3v) is 4.67. The lowest BCUT2D eigenvalue weighted by molar-refractivity contribution is -0.144. The fourth-order valence-electron chi connectivity index (χ4n) is 3.36. The summed E-state index contributed by atoms with van der Waals surface area (Å²) in [6.45, 7) is 2.56. The molecule has 0 bridgehead atoms. The van der Waals surface area contributed by atoms with Crippen LogP contribution < -0.4 is 10.2 Å². The molecule has 0 aliphatic carbocycles. The lowest BCUT2D eigenvalue weighted by atomic mass is 9.98. The lowest BCUT2D eigenvalue weighted by Gasteiger charge is -2.31. The molecule has 7 heteroatoms. The molecule has 0 saturated carbocycles. The van der Waals surface area contributed by atoms with E-state index in [-0.39, 0.29) is 0 Å². The number of hydrogen-bond acceptors (Lipinski definition) is 4. The first-order valence-electron chi connectivity index (χ1n) is 9.10. The summed E-state index contributed by atoms with van der Waals surface area (Å²) in [5, 5.41) is 3.23. The van der Waals surface area contributed by atoms with E-state index in [0.717, 1.165) is 5.56 Å². The van der Waals surface area contributed by atoms with Crippen LogP contribution in [0.2, 0.25) is 0 Å². The molecular weight excluding hydrogens is 365 g/mol. The van der Waals surface area contributed by atoms with Crippen molar-refractivity contribution in [3.8, 4) is 22.4 Å². The van der Waals surface area contributed by atoms with Gasteiger partial charge in [-0.05, 0) is 5.56 Å². The Hall–Kier alpha value is -2.93. The Morgan fingerprint density at radius 3 is 1.93 bits per heavy atom. The molecule has 0 atom stereocenters. The van der Waals surface area contributed by atoms with Crippen LogP contribution in [-0.2, 0) is 6.18 Å². The Labute approximate surface area is 161 Å². The van der Waals surface area contributed by atoms with E-state index in [9.17, 15) is 13.2 Å². The molecule has 4 nitrogen and oxygen atoms in total. The number of nitrogens with zero attached hydrogens (tertiary/aromatic N) is 3. The number of piperazine rings is 1. The predicted molar refractivity (Wildman–Crippen MR) is 103 cm³/mol. The van der Waals surface area contributed by atoms with Gasteiger partial charge in [-0.25, -0.2) is 9.97 Å². The summed E-state index contributed by atoms with van der Waals surface area (Å²) < 4.78 is 40.8. The topological polar surface area (TPSA) is 41.1 Å². The van der Waals surface area contributed by atoms with Gasteiger partial charge in [-0.1, -0.05) is 60.7 Å². The normalized spacial score (nSPS) is 14.9. The van der Waals surface area contributed by atoms with Crippen LogP contribution in [0, 0.1) is 0 Å². The van der Waals surface area contributed by atoms with Crippen LogP contribution in [-0.4, -0.2) is 36.1 Å². The molecule has 2 heterocycles. The molecule has 1 aliphatic heterocycles. The van der Waals surface area contributed by atoms with Crippen LogP contribution in [0.4, 0.5) is 19.0 Å². The van der Waals surface area contributed by atoms with Gasteiger partial charge in [0.1, 0.15) is 5.82 Å². The van der Waals surface area contributed by atoms with Gasteiger partial charge in [-0.3, -0.25) is 0 Å². The average Bonchev–Trinajstić information content (AvgIpc) is 2.74. The number of anilines is 1. The average molecular weight is 384 g/mol. The Morgan fingerprint density at radius 1 is 0.786 bits per heavy atom. The molecule has 1 fully saturated rings. The number of hydrogen-bond donors (Lipinski definition) is 1. The predicted octanol–water partition coefficient (Wildman–Crippen LogP) is 4.24. The minimum absolute atomic E-state index is 0.294. The first kappa shape index (κ1) is 18.4. The van der Waals surface area contributed by atoms with Crippen molar-refractivity contribution in [2.45, 2.75) is 6.18 Å². The molecule has 1 N–H and O–H groups in total. The Morgan fingerprint density at radius 2 is 1.36 bits per heavy atom. The van der Waals surface area contributed by atoms with E-state index in [1.807, 2.05) is 41.3 Å². The van der Waals surface area contributed by atoms with Crippen LogP contribution >= 0.6 is 0 Å². The monoisotopic (exact) mass is 384 g/mol. The lowest BCUT2D eigenvalue weighted by Crippen LogP contribution is -2.44. The molecule has 0 unspecified atom stereocenters. The molecule has 1 aromatic heterocycles. The van der Waals surface area contributed by atoms with Gasteiger partial charge in [0, 0.05) is 31.7 Å². The summed E-state index contributed by atoms with van der Waals surface area (Å²) in [4.78, 5) is 9.86. The van der Waals surface area contributed by atoms with E-state index in [1.165, 1.54) is 0 Å². The highest BCUT2D eigenvalue weighted by atomic mass is 19.4. The van der Waals surface area contributed by atoms with Gasteiger partial charge >= 0.3 is 6.18 Å². The van der Waals surface area contributed by atoms with Crippen molar-refractivity contribution in [3.05, 3.63) is 66.5 Å². The molecule has 3 aromatic rings. The fourth-order valence-corrected chi connectivity index (χ4v) is 3.36. The third kappa shape index (κ3) is 3.71. The third-order valence-electron chi connectivity index (χ3n) is 4.67. The Kier molecular flexibility index (Phi) is 5.00. The van der Waals surface area contributed by atoms with E-state index in [4.69, 9.17) is 0 Å². The van der Waals surface area contributed by atoms with Gasteiger partial charge in [0.05, 0.1) is 11.3 Å². The van der Waals surface area contributed by atoms with Gasteiger partial charge in [0.2, 0.25) is 5.82 Å². The minimum atomic E-state index is -4.62. The van der Waals surface area contributed by atoms with E-state index >= 15 is 0 Å². The summed E-state index contributed by atoms with van der Waals surface area (Å²) in [7, 11) is 0. The summed E-state index contributed by atoms with van der Waals surface area (Å²) in [6, 6.07) is 18.3. The van der Waals surface area contributed by atoms with Crippen LogP contribution in [0.1, 0.15) is 5.82 Å². The number of alkyl halides is 3. The molecule has 1 saturated heterocycles. The van der Waals surface area contributed by atoms with Crippen molar-refractivity contribution in [2.75, 3.05) is 31.1 Å². The Balaban J connectivity index is 2.01. The molecular formula is C21H19F3N4. The van der Waals surface area contributed by atoms with Crippen molar-refractivity contribution in [2.24, 2.45) is 0 Å². The maximum absolute atomic E-state index is 13.6. The number of halogens is 3. The number of aromatic nitrogens is 2. The molecule has 4 rings (SSSR count). The molecule has 28 heavy (non-hydrogen) atoms. The van der Waals surface area contributed by atoms with E-state index in [1.54, 1.807) is 24.3 Å².